The molecule has 0 bridgehead atoms. The lowest BCUT2D eigenvalue weighted by atomic mass is 10.1. The van der Waals surface area contributed by atoms with Gasteiger partial charge in [0, 0.05) is 5.56 Å². The Morgan fingerprint density at radius 1 is 1.00 bits per heavy atom. The molecule has 0 radical (unpaired) electrons. The van der Waals surface area contributed by atoms with E-state index in [0.717, 1.165) is 5.56 Å². The lowest BCUT2D eigenvalue weighted by Gasteiger charge is -2.20. The Morgan fingerprint density at radius 3 is 2.04 bits per heavy atom. The Labute approximate surface area is 151 Å². The number of carboxylic acid groups (broad SMARTS) is 1. The molecular weight excluding hydrogens is 338 g/mol. The van der Waals surface area contributed by atoms with Crippen molar-refractivity contribution in [2.45, 2.75) is 12.5 Å². The molecule has 2 rings (SSSR count). The largest absolute Gasteiger partial charge is 0.548 e. The van der Waals surface area contributed by atoms with Gasteiger partial charge in [-0.15, -0.1) is 0 Å². The third kappa shape index (κ3) is 4.44. The highest BCUT2D eigenvalue weighted by molar-refractivity contribution is 5.97. The monoisotopic (exact) mass is 358 g/mol. The van der Waals surface area contributed by atoms with E-state index in [4.69, 9.17) is 14.2 Å². The summed E-state index contributed by atoms with van der Waals surface area (Å²) in [5.74, 6) is -1.02. The summed E-state index contributed by atoms with van der Waals surface area (Å²) in [6, 6.07) is 10.7. The third-order valence-electron chi connectivity index (χ3n) is 3.80. The number of carboxylic acids is 1. The molecule has 7 heteroatoms. The minimum absolute atomic E-state index is 0.110. The molecule has 0 saturated carbocycles. The van der Waals surface area contributed by atoms with Gasteiger partial charge in [-0.3, -0.25) is 4.79 Å². The summed E-state index contributed by atoms with van der Waals surface area (Å²) in [5.41, 5.74) is 0.950. The summed E-state index contributed by atoms with van der Waals surface area (Å²) in [4.78, 5) is 24.0. The quantitative estimate of drug-likeness (QED) is 0.750. The number of hydrogen-bond donors (Lipinski definition) is 1. The summed E-state index contributed by atoms with van der Waals surface area (Å²) in [5, 5.41) is 13.9. The first kappa shape index (κ1) is 19.1. The predicted molar refractivity (Wildman–Crippen MR) is 92.5 cm³/mol. The van der Waals surface area contributed by atoms with E-state index in [1.54, 1.807) is 24.3 Å². The molecule has 0 aliphatic rings. The Hall–Kier alpha value is -3.22. The summed E-state index contributed by atoms with van der Waals surface area (Å²) in [6.07, 6.45) is 0.110. The highest BCUT2D eigenvalue weighted by Gasteiger charge is 2.20. The second kappa shape index (κ2) is 8.75. The molecule has 0 fully saturated rings. The second-order valence-corrected chi connectivity index (χ2v) is 5.45. The molecule has 0 aliphatic heterocycles. The maximum absolute atomic E-state index is 12.5. The van der Waals surface area contributed by atoms with E-state index < -0.39 is 17.9 Å². The number of ether oxygens (including phenoxy) is 3. The number of methoxy groups -OCH3 is 3. The Morgan fingerprint density at radius 2 is 1.58 bits per heavy atom. The first-order valence-corrected chi connectivity index (χ1v) is 7.85. The van der Waals surface area contributed by atoms with Crippen LogP contribution in [0, 0.1) is 0 Å². The molecule has 0 aliphatic carbocycles. The standard InChI is InChI=1S/C19H21NO6/c1-24-15-10-13(11-16(25-2)17(15)26-3)18(21)20-14(19(22)23)9-12-7-5-4-6-8-12/h4-8,10-11,14H,9H2,1-3H3,(H,20,21)(H,22,23)/p-1/t14-/m0/s1. The summed E-state index contributed by atoms with van der Waals surface area (Å²) >= 11 is 0. The fourth-order valence-corrected chi connectivity index (χ4v) is 2.50. The van der Waals surface area contributed by atoms with Gasteiger partial charge in [-0.05, 0) is 24.1 Å². The molecule has 2 aromatic rings. The van der Waals surface area contributed by atoms with E-state index in [-0.39, 0.29) is 12.0 Å². The van der Waals surface area contributed by atoms with Gasteiger partial charge in [0.05, 0.1) is 33.3 Å². The zero-order valence-corrected chi connectivity index (χ0v) is 14.8. The lowest BCUT2D eigenvalue weighted by molar-refractivity contribution is -0.308. The first-order valence-electron chi connectivity index (χ1n) is 7.85. The number of nitrogens with one attached hydrogen (secondary N) is 1. The van der Waals surface area contributed by atoms with Gasteiger partial charge in [-0.2, -0.15) is 0 Å². The van der Waals surface area contributed by atoms with Crippen molar-refractivity contribution in [3.63, 3.8) is 0 Å². The van der Waals surface area contributed by atoms with E-state index in [2.05, 4.69) is 5.32 Å². The number of benzene rings is 2. The first-order chi connectivity index (χ1) is 12.5. The van der Waals surface area contributed by atoms with Crippen LogP contribution in [0.2, 0.25) is 0 Å². The molecule has 1 N–H and O–H groups in total. The van der Waals surface area contributed by atoms with Crippen molar-refractivity contribution in [3.8, 4) is 17.2 Å². The highest BCUT2D eigenvalue weighted by Crippen LogP contribution is 2.38. The smallest absolute Gasteiger partial charge is 0.252 e. The molecular formula is C19H20NO6-. The summed E-state index contributed by atoms with van der Waals surface area (Å²) in [6.45, 7) is 0. The maximum atomic E-state index is 12.5. The molecule has 26 heavy (non-hydrogen) atoms. The highest BCUT2D eigenvalue weighted by atomic mass is 16.5. The fraction of sp³-hybridized carbons (Fsp3) is 0.263. The molecule has 1 atom stereocenters. The number of carbonyl (C=O) groups excluding carboxylic acids is 2. The van der Waals surface area contributed by atoms with Crippen molar-refractivity contribution in [3.05, 3.63) is 53.6 Å². The second-order valence-electron chi connectivity index (χ2n) is 5.45. The van der Waals surface area contributed by atoms with E-state index in [9.17, 15) is 14.7 Å². The topological polar surface area (TPSA) is 96.9 Å². The lowest BCUT2D eigenvalue weighted by Crippen LogP contribution is -2.49. The van der Waals surface area contributed by atoms with Crippen molar-refractivity contribution in [2.75, 3.05) is 21.3 Å². The van der Waals surface area contributed by atoms with E-state index in [0.29, 0.717) is 17.2 Å². The molecule has 0 unspecified atom stereocenters. The minimum Gasteiger partial charge on any atom is -0.548 e. The van der Waals surface area contributed by atoms with Crippen molar-refractivity contribution >= 4 is 11.9 Å². The number of carbonyl (C=O) groups is 2. The van der Waals surface area contributed by atoms with E-state index in [1.165, 1.54) is 33.5 Å². The number of hydrogen-bond acceptors (Lipinski definition) is 6. The van der Waals surface area contributed by atoms with Crippen LogP contribution in [0.3, 0.4) is 0 Å². The number of amides is 1. The van der Waals surface area contributed by atoms with Crippen LogP contribution < -0.4 is 24.6 Å². The normalized spacial score (nSPS) is 11.3. The number of rotatable bonds is 8. The van der Waals surface area contributed by atoms with Gasteiger partial charge in [-0.25, -0.2) is 0 Å². The zero-order valence-electron chi connectivity index (χ0n) is 14.8. The van der Waals surface area contributed by atoms with Crippen LogP contribution in [0.4, 0.5) is 0 Å². The molecule has 0 saturated heterocycles. The average Bonchev–Trinajstić information content (AvgIpc) is 2.66. The van der Waals surface area contributed by atoms with Gasteiger partial charge in [0.2, 0.25) is 5.75 Å². The van der Waals surface area contributed by atoms with Gasteiger partial charge in [0.25, 0.3) is 5.91 Å². The van der Waals surface area contributed by atoms with Gasteiger partial charge >= 0.3 is 0 Å². The summed E-state index contributed by atoms with van der Waals surface area (Å²) in [7, 11) is 4.31. The molecule has 0 spiro atoms. The van der Waals surface area contributed by atoms with Gasteiger partial charge in [0.1, 0.15) is 0 Å². The fourth-order valence-electron chi connectivity index (χ4n) is 2.50. The molecule has 0 heterocycles. The van der Waals surface area contributed by atoms with Crippen LogP contribution in [0.15, 0.2) is 42.5 Å². The van der Waals surface area contributed by atoms with Gasteiger partial charge in [-0.1, -0.05) is 30.3 Å². The predicted octanol–water partition coefficient (Wildman–Crippen LogP) is 0.803. The van der Waals surface area contributed by atoms with Crippen LogP contribution in [-0.4, -0.2) is 39.2 Å². The van der Waals surface area contributed by atoms with Crippen molar-refractivity contribution in [1.82, 2.24) is 5.32 Å². The van der Waals surface area contributed by atoms with Gasteiger partial charge in [0.15, 0.2) is 11.5 Å². The minimum atomic E-state index is -1.37. The van der Waals surface area contributed by atoms with Crippen LogP contribution in [0.5, 0.6) is 17.2 Å². The van der Waals surface area contributed by atoms with Crippen LogP contribution in [0.25, 0.3) is 0 Å². The number of aliphatic carboxylic acids is 1. The Kier molecular flexibility index (Phi) is 6.43. The average molecular weight is 358 g/mol. The molecule has 7 nitrogen and oxygen atoms in total. The maximum Gasteiger partial charge on any atom is 0.252 e. The molecule has 0 aromatic heterocycles. The van der Waals surface area contributed by atoms with Crippen molar-refractivity contribution < 1.29 is 28.9 Å². The summed E-state index contributed by atoms with van der Waals surface area (Å²) < 4.78 is 15.6. The molecule has 2 aromatic carbocycles. The van der Waals surface area contributed by atoms with Gasteiger partial charge < -0.3 is 29.4 Å². The SMILES string of the molecule is COc1cc(C(=O)N[C@@H](Cc2ccccc2)C(=O)[O-])cc(OC)c1OC. The van der Waals surface area contributed by atoms with Crippen LogP contribution >= 0.6 is 0 Å². The van der Waals surface area contributed by atoms with Crippen molar-refractivity contribution in [2.24, 2.45) is 0 Å². The Balaban J connectivity index is 2.25. The van der Waals surface area contributed by atoms with Crippen molar-refractivity contribution in [1.29, 1.82) is 0 Å². The van der Waals surface area contributed by atoms with E-state index >= 15 is 0 Å². The molecule has 1 amide bonds. The third-order valence-corrected chi connectivity index (χ3v) is 3.80. The van der Waals surface area contributed by atoms with E-state index in [1.807, 2.05) is 6.07 Å². The van der Waals surface area contributed by atoms with Crippen LogP contribution in [-0.2, 0) is 11.2 Å². The zero-order chi connectivity index (χ0) is 19.1. The van der Waals surface area contributed by atoms with Crippen LogP contribution in [0.1, 0.15) is 15.9 Å². The Bertz CT molecular complexity index is 750. The molecule has 138 valence electrons.